The zero-order valence-electron chi connectivity index (χ0n) is 18.9. The smallest absolute Gasteiger partial charge is 0.191 e. The summed E-state index contributed by atoms with van der Waals surface area (Å²) in [6.45, 7) is 12.7. The number of rotatable bonds is 8. The predicted molar refractivity (Wildman–Crippen MR) is 140 cm³/mol. The Hall–Kier alpha value is -0.970. The molecule has 2 atom stereocenters. The van der Waals surface area contributed by atoms with Crippen LogP contribution in [0.4, 0.5) is 5.69 Å². The van der Waals surface area contributed by atoms with Crippen LogP contribution >= 0.6 is 35.6 Å². The second-order valence-corrected chi connectivity index (χ2v) is 8.57. The van der Waals surface area contributed by atoms with Gasteiger partial charge < -0.3 is 25.0 Å². The van der Waals surface area contributed by atoms with Gasteiger partial charge in [-0.1, -0.05) is 18.5 Å². The Morgan fingerprint density at radius 1 is 1.32 bits per heavy atom. The summed E-state index contributed by atoms with van der Waals surface area (Å²) in [6.07, 6.45) is 1.05. The van der Waals surface area contributed by atoms with E-state index in [9.17, 15) is 0 Å². The minimum atomic E-state index is 0. The van der Waals surface area contributed by atoms with Gasteiger partial charge in [-0.25, -0.2) is 0 Å². The third-order valence-corrected chi connectivity index (χ3v) is 5.82. The van der Waals surface area contributed by atoms with E-state index in [1.54, 1.807) is 7.11 Å². The van der Waals surface area contributed by atoms with Crippen LogP contribution in [0.25, 0.3) is 0 Å². The highest BCUT2D eigenvalue weighted by atomic mass is 127. The number of morpholine rings is 1. The zero-order valence-corrected chi connectivity index (χ0v) is 22.0. The van der Waals surface area contributed by atoms with E-state index in [1.165, 1.54) is 0 Å². The van der Waals surface area contributed by atoms with E-state index >= 15 is 0 Å². The molecule has 0 aliphatic carbocycles. The molecule has 1 aromatic carbocycles. The molecular formula is C22H37ClIN5O2. The maximum atomic E-state index is 6.22. The quantitative estimate of drug-likeness (QED) is 0.287. The lowest BCUT2D eigenvalue weighted by atomic mass is 10.1. The molecular weight excluding hydrogens is 529 g/mol. The maximum absolute atomic E-state index is 6.22. The number of guanidine groups is 1. The minimum absolute atomic E-state index is 0. The summed E-state index contributed by atoms with van der Waals surface area (Å²) in [4.78, 5) is 9.66. The third kappa shape index (κ3) is 8.14. The van der Waals surface area contributed by atoms with Gasteiger partial charge in [0.05, 0.1) is 26.0 Å². The van der Waals surface area contributed by atoms with Crippen molar-refractivity contribution in [3.8, 4) is 5.75 Å². The van der Waals surface area contributed by atoms with Crippen LogP contribution in [0.2, 0.25) is 5.02 Å². The van der Waals surface area contributed by atoms with Gasteiger partial charge >= 0.3 is 0 Å². The summed E-state index contributed by atoms with van der Waals surface area (Å²) in [7, 11) is 1.70. The monoisotopic (exact) mass is 565 g/mol. The summed E-state index contributed by atoms with van der Waals surface area (Å²) in [5.74, 6) is 2.27. The second-order valence-electron chi connectivity index (χ2n) is 8.13. The van der Waals surface area contributed by atoms with E-state index in [-0.39, 0.29) is 24.0 Å². The van der Waals surface area contributed by atoms with Crippen LogP contribution in [-0.4, -0.2) is 83.0 Å². The first-order valence-electron chi connectivity index (χ1n) is 11.0. The van der Waals surface area contributed by atoms with Gasteiger partial charge in [-0.2, -0.15) is 0 Å². The van der Waals surface area contributed by atoms with E-state index in [4.69, 9.17) is 26.1 Å². The molecule has 2 N–H and O–H groups in total. The molecule has 0 aromatic heterocycles. The molecule has 2 unspecified atom stereocenters. The number of aliphatic imine (C=N–C) groups is 1. The Labute approximate surface area is 208 Å². The number of halogens is 2. The van der Waals surface area contributed by atoms with Crippen LogP contribution in [0.1, 0.15) is 20.3 Å². The Bertz CT molecular complexity index is 702. The van der Waals surface area contributed by atoms with Gasteiger partial charge in [-0.3, -0.25) is 9.89 Å². The van der Waals surface area contributed by atoms with Gasteiger partial charge in [0, 0.05) is 56.9 Å². The fraction of sp³-hybridized carbons (Fsp3) is 0.682. The van der Waals surface area contributed by atoms with Gasteiger partial charge in [-0.05, 0) is 37.5 Å². The fourth-order valence-electron chi connectivity index (χ4n) is 4.05. The van der Waals surface area contributed by atoms with Crippen LogP contribution in [0.5, 0.6) is 5.75 Å². The Morgan fingerprint density at radius 2 is 2.10 bits per heavy atom. The second kappa shape index (κ2) is 13.5. The van der Waals surface area contributed by atoms with E-state index in [0.717, 1.165) is 87.9 Å². The highest BCUT2D eigenvalue weighted by Crippen LogP contribution is 2.33. The van der Waals surface area contributed by atoms with E-state index < -0.39 is 0 Å². The SMILES string of the molecule is CCNC(=NCC(C)CN1CCOCC1)NC1CCN(c2cc(Cl)ccc2OC)C1.I. The first-order valence-corrected chi connectivity index (χ1v) is 11.4. The van der Waals surface area contributed by atoms with Gasteiger partial charge in [0.1, 0.15) is 5.75 Å². The normalized spacial score (nSPS) is 20.8. The largest absolute Gasteiger partial charge is 0.495 e. The molecule has 0 saturated carbocycles. The average Bonchev–Trinajstić information content (AvgIpc) is 3.21. The lowest BCUT2D eigenvalue weighted by molar-refractivity contribution is 0.0323. The number of nitrogens with one attached hydrogen (secondary N) is 2. The van der Waals surface area contributed by atoms with Gasteiger partial charge in [0.25, 0.3) is 0 Å². The van der Waals surface area contributed by atoms with Crippen molar-refractivity contribution in [1.29, 1.82) is 0 Å². The number of anilines is 1. The molecule has 2 heterocycles. The predicted octanol–water partition coefficient (Wildman–Crippen LogP) is 3.07. The lowest BCUT2D eigenvalue weighted by Gasteiger charge is -2.28. The fourth-order valence-corrected chi connectivity index (χ4v) is 4.22. The molecule has 0 radical (unpaired) electrons. The number of hydrogen-bond acceptors (Lipinski definition) is 5. The molecule has 1 aromatic rings. The van der Waals surface area contributed by atoms with Crippen molar-refractivity contribution >= 4 is 47.2 Å². The average molecular weight is 566 g/mol. The van der Waals surface area contributed by atoms with E-state index in [2.05, 4.69) is 34.3 Å². The Kier molecular flexibility index (Phi) is 11.5. The molecule has 31 heavy (non-hydrogen) atoms. The van der Waals surface area contributed by atoms with Crippen molar-refractivity contribution in [3.63, 3.8) is 0 Å². The highest BCUT2D eigenvalue weighted by molar-refractivity contribution is 14.0. The Balaban J connectivity index is 0.00000341. The van der Waals surface area contributed by atoms with Crippen LogP contribution in [0.3, 0.4) is 0 Å². The van der Waals surface area contributed by atoms with Gasteiger partial charge in [0.15, 0.2) is 5.96 Å². The summed E-state index contributed by atoms with van der Waals surface area (Å²) >= 11 is 6.22. The number of ether oxygens (including phenoxy) is 2. The van der Waals surface area contributed by atoms with Crippen molar-refractivity contribution in [2.45, 2.75) is 26.3 Å². The molecule has 0 amide bonds. The van der Waals surface area contributed by atoms with Crippen molar-refractivity contribution in [1.82, 2.24) is 15.5 Å². The van der Waals surface area contributed by atoms with E-state index in [1.807, 2.05) is 18.2 Å². The number of nitrogens with zero attached hydrogens (tertiary/aromatic N) is 3. The Morgan fingerprint density at radius 3 is 2.81 bits per heavy atom. The number of methoxy groups -OCH3 is 1. The van der Waals surface area contributed by atoms with Crippen molar-refractivity contribution in [2.75, 3.05) is 71.0 Å². The molecule has 7 nitrogen and oxygen atoms in total. The van der Waals surface area contributed by atoms with Crippen molar-refractivity contribution in [3.05, 3.63) is 23.2 Å². The standard InChI is InChI=1S/C22H36ClN5O2.HI/c1-4-24-22(25-14-17(2)15-27-9-11-30-12-10-27)26-19-7-8-28(16-19)20-13-18(23)5-6-21(20)29-3;/h5-6,13,17,19H,4,7-12,14-16H2,1-3H3,(H2,24,25,26);1H. The summed E-state index contributed by atoms with van der Waals surface area (Å²) < 4.78 is 11.0. The summed E-state index contributed by atoms with van der Waals surface area (Å²) in [5, 5.41) is 7.74. The molecule has 2 aliphatic rings. The van der Waals surface area contributed by atoms with Crippen molar-refractivity contribution in [2.24, 2.45) is 10.9 Å². The van der Waals surface area contributed by atoms with E-state index in [0.29, 0.717) is 12.0 Å². The van der Waals surface area contributed by atoms with Gasteiger partial charge in [-0.15, -0.1) is 24.0 Å². The zero-order chi connectivity index (χ0) is 21.3. The summed E-state index contributed by atoms with van der Waals surface area (Å²) in [6, 6.07) is 6.11. The minimum Gasteiger partial charge on any atom is -0.495 e. The summed E-state index contributed by atoms with van der Waals surface area (Å²) in [5.41, 5.74) is 1.05. The van der Waals surface area contributed by atoms with Crippen LogP contribution < -0.4 is 20.3 Å². The van der Waals surface area contributed by atoms with Gasteiger partial charge in [0.2, 0.25) is 0 Å². The molecule has 2 fully saturated rings. The van der Waals surface area contributed by atoms with Crippen molar-refractivity contribution < 1.29 is 9.47 Å². The molecule has 0 spiro atoms. The number of benzene rings is 1. The lowest BCUT2D eigenvalue weighted by Crippen LogP contribution is -2.45. The molecule has 3 rings (SSSR count). The molecule has 2 aliphatic heterocycles. The highest BCUT2D eigenvalue weighted by Gasteiger charge is 2.25. The molecule has 9 heteroatoms. The number of hydrogen-bond donors (Lipinski definition) is 2. The third-order valence-electron chi connectivity index (χ3n) is 5.59. The molecule has 2 saturated heterocycles. The topological polar surface area (TPSA) is 61.4 Å². The molecule has 0 bridgehead atoms. The van der Waals surface area contributed by atoms with Crippen LogP contribution in [-0.2, 0) is 4.74 Å². The first-order chi connectivity index (χ1) is 14.6. The first kappa shape index (κ1) is 26.3. The van der Waals surface area contributed by atoms with Crippen LogP contribution in [0, 0.1) is 5.92 Å². The molecule has 176 valence electrons. The van der Waals surface area contributed by atoms with Crippen LogP contribution in [0.15, 0.2) is 23.2 Å². The maximum Gasteiger partial charge on any atom is 0.191 e.